The van der Waals surface area contributed by atoms with Crippen molar-refractivity contribution in [3.05, 3.63) is 60.2 Å². The summed E-state index contributed by atoms with van der Waals surface area (Å²) >= 11 is 0. The van der Waals surface area contributed by atoms with Gasteiger partial charge in [-0.05, 0) is 29.5 Å². The van der Waals surface area contributed by atoms with Crippen LogP contribution in [0.5, 0.6) is 0 Å². The van der Waals surface area contributed by atoms with E-state index >= 15 is 0 Å². The Kier molecular flexibility index (Phi) is 6.42. The van der Waals surface area contributed by atoms with E-state index in [4.69, 9.17) is 4.74 Å². The second-order valence-corrected chi connectivity index (χ2v) is 6.70. The predicted molar refractivity (Wildman–Crippen MR) is 102 cm³/mol. The molecule has 0 bridgehead atoms. The van der Waals surface area contributed by atoms with Crippen LogP contribution in [0.2, 0.25) is 0 Å². The Labute approximate surface area is 154 Å². The normalized spacial score (nSPS) is 14.5. The lowest BCUT2D eigenvalue weighted by atomic mass is 10.0. The third-order valence-corrected chi connectivity index (χ3v) is 4.72. The molecule has 0 saturated carbocycles. The highest BCUT2D eigenvalue weighted by molar-refractivity contribution is 5.81. The Morgan fingerprint density at radius 2 is 1.42 bits per heavy atom. The molecule has 0 radical (unpaired) electrons. The lowest BCUT2D eigenvalue weighted by Crippen LogP contribution is -2.35. The topological polar surface area (TPSA) is 46.6 Å². The van der Waals surface area contributed by atoms with E-state index < -0.39 is 0 Å². The van der Waals surface area contributed by atoms with E-state index in [-0.39, 0.29) is 24.9 Å². The summed E-state index contributed by atoms with van der Waals surface area (Å²) in [5, 5.41) is 0. The van der Waals surface area contributed by atoms with Crippen LogP contribution < -0.4 is 0 Å². The molecule has 26 heavy (non-hydrogen) atoms. The molecule has 0 aromatic heterocycles. The number of hydrogen-bond acceptors (Lipinski definition) is 3. The molecule has 4 heteroatoms. The number of carbonyl (C=O) groups is 2. The van der Waals surface area contributed by atoms with E-state index in [0.717, 1.165) is 42.6 Å². The molecule has 0 spiro atoms. The molecular weight excluding hydrogens is 326 g/mol. The van der Waals surface area contributed by atoms with Gasteiger partial charge in [0.05, 0.1) is 6.42 Å². The van der Waals surface area contributed by atoms with Crippen LogP contribution in [0.25, 0.3) is 11.1 Å². The molecule has 2 aromatic carbocycles. The Hall–Kier alpha value is -2.62. The number of carbonyl (C=O) groups excluding carboxylic acids is 2. The highest BCUT2D eigenvalue weighted by Crippen LogP contribution is 2.19. The first-order valence-electron chi connectivity index (χ1n) is 9.30. The first kappa shape index (κ1) is 18.2. The fourth-order valence-corrected chi connectivity index (χ4v) is 3.22. The van der Waals surface area contributed by atoms with Crippen LogP contribution in [0, 0.1) is 0 Å². The average molecular weight is 351 g/mol. The second-order valence-electron chi connectivity index (χ2n) is 6.70. The van der Waals surface area contributed by atoms with Crippen LogP contribution in [-0.2, 0) is 20.7 Å². The van der Waals surface area contributed by atoms with Crippen LogP contribution in [-0.4, -0.2) is 36.5 Å². The van der Waals surface area contributed by atoms with Crippen molar-refractivity contribution in [2.75, 3.05) is 19.7 Å². The van der Waals surface area contributed by atoms with Gasteiger partial charge < -0.3 is 9.64 Å². The fourth-order valence-electron chi connectivity index (χ4n) is 3.22. The minimum atomic E-state index is -0.361. The third kappa shape index (κ3) is 5.19. The molecule has 136 valence electrons. The molecule has 0 N–H and O–H groups in total. The Balaban J connectivity index is 1.48. The van der Waals surface area contributed by atoms with E-state index in [1.54, 1.807) is 0 Å². The summed E-state index contributed by atoms with van der Waals surface area (Å²) in [5.41, 5.74) is 3.14. The summed E-state index contributed by atoms with van der Waals surface area (Å²) in [7, 11) is 0. The van der Waals surface area contributed by atoms with Crippen LogP contribution in [0.1, 0.15) is 31.2 Å². The smallest absolute Gasteiger partial charge is 0.310 e. The minimum absolute atomic E-state index is 0.0836. The fraction of sp³-hybridized carbons (Fsp3) is 0.364. The number of amides is 1. The van der Waals surface area contributed by atoms with Gasteiger partial charge in [0.25, 0.3) is 5.91 Å². The van der Waals surface area contributed by atoms with Crippen molar-refractivity contribution in [2.45, 2.75) is 32.1 Å². The highest BCUT2D eigenvalue weighted by Gasteiger charge is 2.17. The predicted octanol–water partition coefficient (Wildman–Crippen LogP) is 3.84. The first-order chi connectivity index (χ1) is 12.7. The van der Waals surface area contributed by atoms with Gasteiger partial charge in [-0.1, -0.05) is 67.4 Å². The molecule has 4 nitrogen and oxygen atoms in total. The molecule has 1 saturated heterocycles. The zero-order chi connectivity index (χ0) is 18.2. The molecule has 0 aliphatic carbocycles. The van der Waals surface area contributed by atoms with Crippen LogP contribution >= 0.6 is 0 Å². The largest absolute Gasteiger partial charge is 0.455 e. The molecule has 2 aromatic rings. The van der Waals surface area contributed by atoms with Crippen molar-refractivity contribution in [1.82, 2.24) is 4.90 Å². The quantitative estimate of drug-likeness (QED) is 0.769. The van der Waals surface area contributed by atoms with Crippen LogP contribution in [0.4, 0.5) is 0 Å². The van der Waals surface area contributed by atoms with Gasteiger partial charge >= 0.3 is 5.97 Å². The number of esters is 1. The van der Waals surface area contributed by atoms with E-state index in [2.05, 4.69) is 12.1 Å². The summed E-state index contributed by atoms with van der Waals surface area (Å²) in [6, 6.07) is 18.0. The Bertz CT molecular complexity index is 717. The van der Waals surface area contributed by atoms with Crippen molar-refractivity contribution in [3.63, 3.8) is 0 Å². The minimum Gasteiger partial charge on any atom is -0.455 e. The maximum atomic E-state index is 12.2. The van der Waals surface area contributed by atoms with Crippen LogP contribution in [0.15, 0.2) is 54.6 Å². The molecule has 0 unspecified atom stereocenters. The molecule has 1 heterocycles. The average Bonchev–Trinajstić information content (AvgIpc) is 2.97. The van der Waals surface area contributed by atoms with Gasteiger partial charge in [-0.25, -0.2) is 0 Å². The van der Waals surface area contributed by atoms with Crippen molar-refractivity contribution >= 4 is 11.9 Å². The summed E-state index contributed by atoms with van der Waals surface area (Å²) in [6.45, 7) is 1.40. The van der Waals surface area contributed by atoms with E-state index in [1.807, 2.05) is 47.4 Å². The van der Waals surface area contributed by atoms with E-state index in [9.17, 15) is 9.59 Å². The number of hydrogen-bond donors (Lipinski definition) is 0. The lowest BCUT2D eigenvalue weighted by molar-refractivity contribution is -0.151. The monoisotopic (exact) mass is 351 g/mol. The van der Waals surface area contributed by atoms with E-state index in [1.165, 1.54) is 12.8 Å². The number of benzene rings is 2. The summed E-state index contributed by atoms with van der Waals surface area (Å²) in [5.74, 6) is -0.444. The Morgan fingerprint density at radius 1 is 0.808 bits per heavy atom. The molecule has 0 atom stereocenters. The number of rotatable bonds is 5. The standard InChI is InChI=1S/C22H25NO3/c24-21(23-14-6-1-2-7-15-23)17-26-22(25)16-18-10-12-20(13-11-18)19-8-4-3-5-9-19/h3-5,8-13H,1-2,6-7,14-17H2. The Morgan fingerprint density at radius 3 is 2.08 bits per heavy atom. The summed E-state index contributed by atoms with van der Waals surface area (Å²) in [4.78, 5) is 26.0. The van der Waals surface area contributed by atoms with Crippen molar-refractivity contribution in [3.8, 4) is 11.1 Å². The van der Waals surface area contributed by atoms with Crippen molar-refractivity contribution in [1.29, 1.82) is 0 Å². The highest BCUT2D eigenvalue weighted by atomic mass is 16.5. The number of likely N-dealkylation sites (tertiary alicyclic amines) is 1. The van der Waals surface area contributed by atoms with Gasteiger partial charge in [0.2, 0.25) is 0 Å². The van der Waals surface area contributed by atoms with Crippen LogP contribution in [0.3, 0.4) is 0 Å². The van der Waals surface area contributed by atoms with Gasteiger partial charge in [-0.15, -0.1) is 0 Å². The SMILES string of the molecule is O=C(Cc1ccc(-c2ccccc2)cc1)OCC(=O)N1CCCCCC1. The van der Waals surface area contributed by atoms with Gasteiger partial charge in [0.15, 0.2) is 6.61 Å². The molecule has 3 rings (SSSR count). The second kappa shape index (κ2) is 9.18. The van der Waals surface area contributed by atoms with Crippen molar-refractivity contribution < 1.29 is 14.3 Å². The first-order valence-corrected chi connectivity index (χ1v) is 9.30. The molecule has 1 aliphatic rings. The van der Waals surface area contributed by atoms with E-state index in [0.29, 0.717) is 0 Å². The van der Waals surface area contributed by atoms with Crippen molar-refractivity contribution in [2.24, 2.45) is 0 Å². The third-order valence-electron chi connectivity index (χ3n) is 4.72. The van der Waals surface area contributed by atoms with Gasteiger partial charge in [-0.3, -0.25) is 9.59 Å². The zero-order valence-corrected chi connectivity index (χ0v) is 15.0. The lowest BCUT2D eigenvalue weighted by Gasteiger charge is -2.19. The van der Waals surface area contributed by atoms with Gasteiger partial charge in [0, 0.05) is 13.1 Å². The van der Waals surface area contributed by atoms with Gasteiger partial charge in [0.1, 0.15) is 0 Å². The maximum absolute atomic E-state index is 12.2. The maximum Gasteiger partial charge on any atom is 0.310 e. The van der Waals surface area contributed by atoms with Gasteiger partial charge in [-0.2, -0.15) is 0 Å². The molecule has 1 fully saturated rings. The summed E-state index contributed by atoms with van der Waals surface area (Å²) < 4.78 is 5.19. The zero-order valence-electron chi connectivity index (χ0n) is 15.0. The molecule has 1 aliphatic heterocycles. The number of nitrogens with zero attached hydrogens (tertiary/aromatic N) is 1. The molecule has 1 amide bonds. The number of ether oxygens (including phenoxy) is 1. The molecular formula is C22H25NO3. The summed E-state index contributed by atoms with van der Waals surface area (Å²) in [6.07, 6.45) is 4.59.